The van der Waals surface area contributed by atoms with Crippen LogP contribution in [0.25, 0.3) is 0 Å². The molecule has 0 bridgehead atoms. The third-order valence-electron chi connectivity index (χ3n) is 2.55. The van der Waals surface area contributed by atoms with Crippen molar-refractivity contribution in [3.63, 3.8) is 0 Å². The largest absolute Gasteiger partial charge is 0.336 e. The number of nitrogens with zero attached hydrogens (tertiary/aromatic N) is 2. The molecule has 2 rings (SSSR count). The molecule has 3 nitrogen and oxygen atoms in total. The predicted octanol–water partition coefficient (Wildman–Crippen LogP) is 3.01. The van der Waals surface area contributed by atoms with E-state index >= 15 is 0 Å². The van der Waals surface area contributed by atoms with Gasteiger partial charge in [0, 0.05) is 17.3 Å². The molecular formula is C13H14N2OS2. The van der Waals surface area contributed by atoms with Gasteiger partial charge in [-0.05, 0) is 19.1 Å². The van der Waals surface area contributed by atoms with Crippen molar-refractivity contribution in [2.75, 3.05) is 7.05 Å². The van der Waals surface area contributed by atoms with Crippen LogP contribution in [0.4, 0.5) is 0 Å². The van der Waals surface area contributed by atoms with Gasteiger partial charge >= 0.3 is 0 Å². The van der Waals surface area contributed by atoms with Gasteiger partial charge in [-0.15, -0.1) is 24.0 Å². The summed E-state index contributed by atoms with van der Waals surface area (Å²) in [4.78, 5) is 18.9. The van der Waals surface area contributed by atoms with Crippen LogP contribution in [-0.4, -0.2) is 22.8 Å². The molecule has 0 aliphatic carbocycles. The van der Waals surface area contributed by atoms with Crippen molar-refractivity contribution in [1.29, 1.82) is 0 Å². The lowest BCUT2D eigenvalue weighted by atomic mass is 10.2. The van der Waals surface area contributed by atoms with E-state index in [2.05, 4.69) is 17.6 Å². The second-order valence-corrected chi connectivity index (χ2v) is 5.58. The van der Waals surface area contributed by atoms with Crippen molar-refractivity contribution in [3.8, 4) is 0 Å². The van der Waals surface area contributed by atoms with Crippen molar-refractivity contribution >= 4 is 29.9 Å². The molecule has 1 aromatic heterocycles. The molecule has 5 heteroatoms. The van der Waals surface area contributed by atoms with E-state index in [-0.39, 0.29) is 5.91 Å². The topological polar surface area (TPSA) is 33.2 Å². The van der Waals surface area contributed by atoms with E-state index in [0.717, 1.165) is 10.7 Å². The monoisotopic (exact) mass is 278 g/mol. The number of hydrogen-bond donors (Lipinski definition) is 1. The van der Waals surface area contributed by atoms with Crippen molar-refractivity contribution < 1.29 is 4.79 Å². The van der Waals surface area contributed by atoms with Gasteiger partial charge in [0.2, 0.25) is 0 Å². The molecular weight excluding hydrogens is 264 g/mol. The first-order chi connectivity index (χ1) is 8.58. The van der Waals surface area contributed by atoms with E-state index in [1.807, 2.05) is 30.5 Å². The number of thiol groups is 1. The van der Waals surface area contributed by atoms with Crippen LogP contribution in [0.5, 0.6) is 0 Å². The lowest BCUT2D eigenvalue weighted by Gasteiger charge is -2.16. The Morgan fingerprint density at radius 3 is 2.78 bits per heavy atom. The molecule has 94 valence electrons. The highest BCUT2D eigenvalue weighted by Crippen LogP contribution is 2.16. The minimum Gasteiger partial charge on any atom is -0.336 e. The minimum atomic E-state index is -0.0359. The maximum absolute atomic E-state index is 12.2. The normalized spacial score (nSPS) is 10.4. The van der Waals surface area contributed by atoms with Crippen LogP contribution in [0.3, 0.4) is 0 Å². The molecule has 1 aromatic carbocycles. The molecule has 0 unspecified atom stereocenters. The number of amides is 1. The van der Waals surface area contributed by atoms with Crippen molar-refractivity contribution in [2.24, 2.45) is 0 Å². The third-order valence-corrected chi connectivity index (χ3v) is 3.76. The van der Waals surface area contributed by atoms with E-state index in [9.17, 15) is 4.79 Å². The zero-order valence-corrected chi connectivity index (χ0v) is 12.0. The zero-order valence-electron chi connectivity index (χ0n) is 10.3. The molecule has 0 aliphatic rings. The first-order valence-electron chi connectivity index (χ1n) is 5.52. The Hall–Kier alpha value is -1.33. The Labute approximate surface area is 116 Å². The molecule has 1 heterocycles. The molecule has 0 saturated heterocycles. The van der Waals surface area contributed by atoms with Crippen LogP contribution < -0.4 is 0 Å². The number of aryl methyl sites for hydroxylation is 1. The number of carbonyl (C=O) groups excluding carboxylic acids is 1. The van der Waals surface area contributed by atoms with Gasteiger partial charge in [0.05, 0.1) is 22.8 Å². The van der Waals surface area contributed by atoms with E-state index in [4.69, 9.17) is 0 Å². The minimum absolute atomic E-state index is 0.0359. The number of benzene rings is 1. The van der Waals surface area contributed by atoms with Crippen molar-refractivity contribution in [3.05, 3.63) is 45.9 Å². The Bertz CT molecular complexity index is 566. The van der Waals surface area contributed by atoms with Gasteiger partial charge in [-0.2, -0.15) is 0 Å². The average Bonchev–Trinajstić information content (AvgIpc) is 2.74. The zero-order chi connectivity index (χ0) is 13.1. The number of hydrogen-bond acceptors (Lipinski definition) is 4. The summed E-state index contributed by atoms with van der Waals surface area (Å²) < 4.78 is 0. The first kappa shape index (κ1) is 13.1. The van der Waals surface area contributed by atoms with Crippen LogP contribution in [0.15, 0.2) is 34.5 Å². The van der Waals surface area contributed by atoms with Gasteiger partial charge in [-0.3, -0.25) is 4.79 Å². The van der Waals surface area contributed by atoms with E-state index in [0.29, 0.717) is 17.0 Å². The second-order valence-electron chi connectivity index (χ2n) is 4.04. The summed E-state index contributed by atoms with van der Waals surface area (Å²) in [6, 6.07) is 7.31. The molecule has 0 spiro atoms. The van der Waals surface area contributed by atoms with Crippen molar-refractivity contribution in [2.45, 2.75) is 18.4 Å². The maximum Gasteiger partial charge on any atom is 0.255 e. The highest BCUT2D eigenvalue weighted by Gasteiger charge is 2.15. The molecule has 0 saturated carbocycles. The first-order valence-corrected chi connectivity index (χ1v) is 6.85. The van der Waals surface area contributed by atoms with Gasteiger partial charge < -0.3 is 4.90 Å². The lowest BCUT2D eigenvalue weighted by molar-refractivity contribution is 0.0780. The van der Waals surface area contributed by atoms with Gasteiger partial charge in [0.25, 0.3) is 5.91 Å². The molecule has 0 fully saturated rings. The summed E-state index contributed by atoms with van der Waals surface area (Å²) in [5.74, 6) is -0.0359. The van der Waals surface area contributed by atoms with Crippen LogP contribution in [0.2, 0.25) is 0 Å². The maximum atomic E-state index is 12.2. The van der Waals surface area contributed by atoms with E-state index < -0.39 is 0 Å². The Morgan fingerprint density at radius 1 is 1.44 bits per heavy atom. The Morgan fingerprint density at radius 2 is 2.17 bits per heavy atom. The number of carbonyl (C=O) groups is 1. The summed E-state index contributed by atoms with van der Waals surface area (Å²) in [6.45, 7) is 2.48. The smallest absolute Gasteiger partial charge is 0.255 e. The van der Waals surface area contributed by atoms with Gasteiger partial charge in [-0.25, -0.2) is 4.98 Å². The molecule has 2 aromatic rings. The number of rotatable bonds is 3. The Kier molecular flexibility index (Phi) is 4.04. The quantitative estimate of drug-likeness (QED) is 0.876. The van der Waals surface area contributed by atoms with Crippen LogP contribution in [-0.2, 0) is 6.54 Å². The predicted molar refractivity (Wildman–Crippen MR) is 76.3 cm³/mol. The van der Waals surface area contributed by atoms with E-state index in [1.165, 1.54) is 0 Å². The van der Waals surface area contributed by atoms with Crippen LogP contribution in [0, 0.1) is 6.92 Å². The third kappa shape index (κ3) is 2.91. The summed E-state index contributed by atoms with van der Waals surface area (Å²) >= 11 is 5.89. The van der Waals surface area contributed by atoms with Crippen molar-refractivity contribution in [1.82, 2.24) is 9.88 Å². The van der Waals surface area contributed by atoms with Gasteiger partial charge in [-0.1, -0.05) is 12.1 Å². The lowest BCUT2D eigenvalue weighted by Crippen LogP contribution is -2.26. The molecule has 0 atom stereocenters. The molecule has 1 amide bonds. The van der Waals surface area contributed by atoms with Gasteiger partial charge in [0.1, 0.15) is 0 Å². The Balaban J connectivity index is 2.12. The fourth-order valence-electron chi connectivity index (χ4n) is 1.66. The summed E-state index contributed by atoms with van der Waals surface area (Å²) in [6.07, 6.45) is 0. The molecule has 0 radical (unpaired) electrons. The summed E-state index contributed by atoms with van der Waals surface area (Å²) in [5.41, 5.74) is 1.54. The highest BCUT2D eigenvalue weighted by atomic mass is 32.1. The standard InChI is InChI=1S/C13H14N2OS2/c1-9-14-10(8-18-9)7-15(2)13(16)11-5-3-4-6-12(11)17/h3-6,8,17H,7H2,1-2H3. The SMILES string of the molecule is Cc1nc(CN(C)C(=O)c2ccccc2S)cs1. The summed E-state index contributed by atoms with van der Waals surface area (Å²) in [7, 11) is 1.78. The number of aromatic nitrogens is 1. The van der Waals surface area contributed by atoms with Crippen LogP contribution in [0.1, 0.15) is 21.1 Å². The fraction of sp³-hybridized carbons (Fsp3) is 0.231. The van der Waals surface area contributed by atoms with Crippen LogP contribution >= 0.6 is 24.0 Å². The fourth-order valence-corrected chi connectivity index (χ4v) is 2.52. The molecule has 18 heavy (non-hydrogen) atoms. The summed E-state index contributed by atoms with van der Waals surface area (Å²) in [5, 5.41) is 2.99. The second kappa shape index (κ2) is 5.54. The molecule has 0 aliphatic heterocycles. The molecule has 0 N–H and O–H groups in total. The van der Waals surface area contributed by atoms with Gasteiger partial charge in [0.15, 0.2) is 0 Å². The average molecular weight is 278 g/mol. The highest BCUT2D eigenvalue weighted by molar-refractivity contribution is 7.80. The number of thiazole rings is 1. The van der Waals surface area contributed by atoms with E-state index in [1.54, 1.807) is 29.4 Å².